The van der Waals surface area contributed by atoms with Gasteiger partial charge in [0.2, 0.25) is 0 Å². The quantitative estimate of drug-likeness (QED) is 0.866. The van der Waals surface area contributed by atoms with Crippen molar-refractivity contribution in [3.8, 4) is 5.75 Å². The van der Waals surface area contributed by atoms with Gasteiger partial charge in [-0.05, 0) is 30.3 Å². The molecule has 0 spiro atoms. The molecule has 0 aromatic heterocycles. The zero-order valence-corrected chi connectivity index (χ0v) is 13.3. The molecule has 0 aliphatic carbocycles. The minimum absolute atomic E-state index is 0.205. The number of benzene rings is 2. The number of hydrogen-bond donors (Lipinski definition) is 0. The summed E-state index contributed by atoms with van der Waals surface area (Å²) in [5.41, 5.74) is 0.741. The summed E-state index contributed by atoms with van der Waals surface area (Å²) in [6.45, 7) is 1.91. The van der Waals surface area contributed by atoms with Crippen molar-refractivity contribution in [1.29, 1.82) is 0 Å². The largest absolute Gasteiger partial charge is 0.496 e. The van der Waals surface area contributed by atoms with Gasteiger partial charge in [0.1, 0.15) is 17.4 Å². The number of para-hydroxylation sites is 1. The maximum Gasteiger partial charge on any atom is 0.257 e. The second kappa shape index (κ2) is 6.86. The van der Waals surface area contributed by atoms with Crippen LogP contribution in [0.4, 0.5) is 14.5 Å². The van der Waals surface area contributed by atoms with Crippen molar-refractivity contribution < 1.29 is 18.3 Å². The maximum atomic E-state index is 13.9. The molecule has 1 fully saturated rings. The van der Waals surface area contributed by atoms with Gasteiger partial charge in [-0.2, -0.15) is 0 Å². The number of ether oxygens (including phenoxy) is 1. The monoisotopic (exact) mass is 332 g/mol. The van der Waals surface area contributed by atoms with E-state index in [9.17, 15) is 13.6 Å². The zero-order valence-electron chi connectivity index (χ0n) is 13.3. The lowest BCUT2D eigenvalue weighted by Crippen LogP contribution is -2.49. The fourth-order valence-electron chi connectivity index (χ4n) is 2.88. The highest BCUT2D eigenvalue weighted by Gasteiger charge is 2.25. The van der Waals surface area contributed by atoms with Gasteiger partial charge in [-0.3, -0.25) is 4.79 Å². The Balaban J connectivity index is 1.72. The SMILES string of the molecule is COc1ccc(F)cc1C(=O)N1CCN(c2ccccc2F)CC1. The average molecular weight is 332 g/mol. The van der Waals surface area contributed by atoms with Gasteiger partial charge in [0.05, 0.1) is 18.4 Å². The Bertz CT molecular complexity index is 744. The van der Waals surface area contributed by atoms with Crippen LogP contribution in [0.25, 0.3) is 0 Å². The fourth-order valence-corrected chi connectivity index (χ4v) is 2.88. The van der Waals surface area contributed by atoms with Crippen LogP contribution in [0.5, 0.6) is 5.75 Å². The van der Waals surface area contributed by atoms with Gasteiger partial charge in [-0.25, -0.2) is 8.78 Å². The summed E-state index contributed by atoms with van der Waals surface area (Å²) < 4.78 is 32.5. The molecule has 1 saturated heterocycles. The second-order valence-electron chi connectivity index (χ2n) is 5.58. The normalized spacial score (nSPS) is 14.6. The van der Waals surface area contributed by atoms with E-state index in [1.165, 1.54) is 31.4 Å². The Kier molecular flexibility index (Phi) is 4.64. The maximum absolute atomic E-state index is 13.9. The van der Waals surface area contributed by atoms with E-state index in [-0.39, 0.29) is 17.3 Å². The van der Waals surface area contributed by atoms with Crippen LogP contribution < -0.4 is 9.64 Å². The molecular weight excluding hydrogens is 314 g/mol. The third-order valence-electron chi connectivity index (χ3n) is 4.15. The summed E-state index contributed by atoms with van der Waals surface area (Å²) in [7, 11) is 1.44. The molecule has 0 atom stereocenters. The molecule has 0 unspecified atom stereocenters. The van der Waals surface area contributed by atoms with E-state index in [2.05, 4.69) is 0 Å². The van der Waals surface area contributed by atoms with Crippen LogP contribution in [0.15, 0.2) is 42.5 Å². The van der Waals surface area contributed by atoms with Crippen molar-refractivity contribution in [2.45, 2.75) is 0 Å². The molecule has 0 bridgehead atoms. The molecule has 1 heterocycles. The van der Waals surface area contributed by atoms with Crippen molar-refractivity contribution in [3.05, 3.63) is 59.7 Å². The van der Waals surface area contributed by atoms with E-state index in [0.717, 1.165) is 0 Å². The Hall–Kier alpha value is -2.63. The fraction of sp³-hybridized carbons (Fsp3) is 0.278. The molecule has 126 valence electrons. The van der Waals surface area contributed by atoms with E-state index in [0.29, 0.717) is 37.6 Å². The van der Waals surface area contributed by atoms with Crippen LogP contribution in [-0.2, 0) is 0 Å². The predicted octanol–water partition coefficient (Wildman–Crippen LogP) is 2.94. The van der Waals surface area contributed by atoms with Gasteiger partial charge >= 0.3 is 0 Å². The summed E-state index contributed by atoms with van der Waals surface area (Å²) in [5.74, 6) is -0.689. The molecule has 24 heavy (non-hydrogen) atoms. The first kappa shape index (κ1) is 16.2. The highest BCUT2D eigenvalue weighted by Crippen LogP contribution is 2.24. The average Bonchev–Trinajstić information content (AvgIpc) is 2.62. The number of piperazine rings is 1. The van der Waals surface area contributed by atoms with Crippen molar-refractivity contribution in [2.75, 3.05) is 38.2 Å². The molecule has 2 aromatic carbocycles. The lowest BCUT2D eigenvalue weighted by atomic mass is 10.1. The predicted molar refractivity (Wildman–Crippen MR) is 87.5 cm³/mol. The third-order valence-corrected chi connectivity index (χ3v) is 4.15. The first-order chi connectivity index (χ1) is 11.6. The molecule has 1 aliphatic rings. The van der Waals surface area contributed by atoms with Crippen molar-refractivity contribution >= 4 is 11.6 Å². The van der Waals surface area contributed by atoms with Gasteiger partial charge in [-0.1, -0.05) is 12.1 Å². The number of carbonyl (C=O) groups excluding carboxylic acids is 1. The molecule has 0 N–H and O–H groups in total. The van der Waals surface area contributed by atoms with Crippen molar-refractivity contribution in [1.82, 2.24) is 4.90 Å². The number of amides is 1. The minimum atomic E-state index is -0.482. The molecule has 0 saturated carbocycles. The molecular formula is C18H18F2N2O2. The lowest BCUT2D eigenvalue weighted by Gasteiger charge is -2.36. The summed E-state index contributed by atoms with van der Waals surface area (Å²) in [6, 6.07) is 10.5. The molecule has 2 aromatic rings. The number of hydrogen-bond acceptors (Lipinski definition) is 3. The number of methoxy groups -OCH3 is 1. The number of rotatable bonds is 3. The van der Waals surface area contributed by atoms with E-state index < -0.39 is 5.82 Å². The van der Waals surface area contributed by atoms with Crippen LogP contribution >= 0.6 is 0 Å². The van der Waals surface area contributed by atoms with Crippen LogP contribution in [0.3, 0.4) is 0 Å². The van der Waals surface area contributed by atoms with Crippen molar-refractivity contribution in [2.24, 2.45) is 0 Å². The van der Waals surface area contributed by atoms with Gasteiger partial charge in [0.15, 0.2) is 0 Å². The Labute approximate surface area is 139 Å². The standard InChI is InChI=1S/C18H18F2N2O2/c1-24-17-7-6-13(19)12-14(17)18(23)22-10-8-21(9-11-22)16-5-3-2-4-15(16)20/h2-7,12H,8-11H2,1H3. The zero-order chi connectivity index (χ0) is 17.1. The van der Waals surface area contributed by atoms with Gasteiger partial charge < -0.3 is 14.5 Å². The van der Waals surface area contributed by atoms with Crippen LogP contribution in [0.1, 0.15) is 10.4 Å². The first-order valence-corrected chi connectivity index (χ1v) is 7.72. The van der Waals surface area contributed by atoms with Gasteiger partial charge in [0, 0.05) is 26.2 Å². The Morgan fingerprint density at radius 3 is 2.42 bits per heavy atom. The summed E-state index contributed by atoms with van der Waals surface area (Å²) >= 11 is 0. The molecule has 1 amide bonds. The van der Waals surface area contributed by atoms with Crippen LogP contribution in [-0.4, -0.2) is 44.1 Å². The molecule has 3 rings (SSSR count). The van der Waals surface area contributed by atoms with E-state index >= 15 is 0 Å². The molecule has 0 radical (unpaired) electrons. The van der Waals surface area contributed by atoms with E-state index in [4.69, 9.17) is 4.74 Å². The molecule has 1 aliphatic heterocycles. The molecule has 6 heteroatoms. The first-order valence-electron chi connectivity index (χ1n) is 7.72. The second-order valence-corrected chi connectivity index (χ2v) is 5.58. The summed E-state index contributed by atoms with van der Waals surface area (Å²) in [5, 5.41) is 0. The number of halogens is 2. The van der Waals surface area contributed by atoms with E-state index in [1.807, 2.05) is 4.90 Å². The highest BCUT2D eigenvalue weighted by atomic mass is 19.1. The smallest absolute Gasteiger partial charge is 0.257 e. The van der Waals surface area contributed by atoms with Crippen molar-refractivity contribution in [3.63, 3.8) is 0 Å². The Morgan fingerprint density at radius 1 is 1.04 bits per heavy atom. The van der Waals surface area contributed by atoms with Crippen LogP contribution in [0.2, 0.25) is 0 Å². The number of anilines is 1. The summed E-state index contributed by atoms with van der Waals surface area (Å²) in [4.78, 5) is 16.2. The minimum Gasteiger partial charge on any atom is -0.496 e. The number of carbonyl (C=O) groups is 1. The van der Waals surface area contributed by atoms with Gasteiger partial charge in [0.25, 0.3) is 5.91 Å². The third kappa shape index (κ3) is 3.18. The molecule has 4 nitrogen and oxygen atoms in total. The van der Waals surface area contributed by atoms with E-state index in [1.54, 1.807) is 23.1 Å². The summed E-state index contributed by atoms with van der Waals surface area (Å²) in [6.07, 6.45) is 0. The topological polar surface area (TPSA) is 32.8 Å². The van der Waals surface area contributed by atoms with Crippen LogP contribution in [0, 0.1) is 11.6 Å². The van der Waals surface area contributed by atoms with Gasteiger partial charge in [-0.15, -0.1) is 0 Å². The Morgan fingerprint density at radius 2 is 1.75 bits per heavy atom. The highest BCUT2D eigenvalue weighted by molar-refractivity contribution is 5.97. The number of nitrogens with zero attached hydrogens (tertiary/aromatic N) is 2. The lowest BCUT2D eigenvalue weighted by molar-refractivity contribution is 0.0742.